The molecule has 2 aromatic carbocycles. The van der Waals surface area contributed by atoms with Gasteiger partial charge in [-0.05, 0) is 56.4 Å². The normalized spacial score (nSPS) is 13.5. The first-order valence-corrected chi connectivity index (χ1v) is 11.9. The Kier molecular flexibility index (Phi) is 7.36. The molecule has 4 rings (SSSR count). The topological polar surface area (TPSA) is 107 Å². The van der Waals surface area contributed by atoms with E-state index in [0.29, 0.717) is 22.6 Å². The second kappa shape index (κ2) is 10.6. The molecule has 3 aromatic rings. The zero-order valence-electron chi connectivity index (χ0n) is 18.3. The maximum absolute atomic E-state index is 13.4. The molecular weight excluding hydrogens is 459 g/mol. The zero-order chi connectivity index (χ0) is 24.1. The molecule has 0 spiro atoms. The number of hydrogen-bond donors (Lipinski definition) is 1. The van der Waals surface area contributed by atoms with Crippen molar-refractivity contribution >= 4 is 39.9 Å². The summed E-state index contributed by atoms with van der Waals surface area (Å²) < 4.78 is 15.0. The van der Waals surface area contributed by atoms with Gasteiger partial charge in [-0.25, -0.2) is 9.37 Å². The first-order chi connectivity index (χ1) is 16.4. The van der Waals surface area contributed by atoms with E-state index >= 15 is 0 Å². The molecule has 1 N–H and O–H groups in total. The quantitative estimate of drug-likeness (QED) is 0.158. The number of amides is 1. The molecule has 0 unspecified atom stereocenters. The lowest BCUT2D eigenvalue weighted by Gasteiger charge is -2.16. The number of para-hydroxylation sites is 1. The molecule has 0 fully saturated rings. The Morgan fingerprint density at radius 1 is 1.24 bits per heavy atom. The number of thioether (sulfide) groups is 1. The van der Waals surface area contributed by atoms with E-state index in [1.165, 1.54) is 12.0 Å². The van der Waals surface area contributed by atoms with Gasteiger partial charge in [0.05, 0.1) is 27.6 Å². The third-order valence-corrected chi connectivity index (χ3v) is 6.61. The summed E-state index contributed by atoms with van der Waals surface area (Å²) in [6, 6.07) is 10.0. The lowest BCUT2D eigenvalue weighted by atomic mass is 9.97. The van der Waals surface area contributed by atoms with E-state index in [9.17, 15) is 24.1 Å². The molecule has 1 amide bonds. The van der Waals surface area contributed by atoms with Crippen molar-refractivity contribution in [3.63, 3.8) is 0 Å². The number of nitro groups is 1. The summed E-state index contributed by atoms with van der Waals surface area (Å²) in [5.74, 6) is -1.41. The Morgan fingerprint density at radius 3 is 2.82 bits per heavy atom. The van der Waals surface area contributed by atoms with E-state index in [1.54, 1.807) is 28.8 Å². The fourth-order valence-electron chi connectivity index (χ4n) is 3.92. The van der Waals surface area contributed by atoms with Crippen LogP contribution in [0.4, 0.5) is 15.8 Å². The average molecular weight is 483 g/mol. The molecule has 34 heavy (non-hydrogen) atoms. The molecule has 1 heterocycles. The highest BCUT2D eigenvalue weighted by atomic mass is 32.2. The molecule has 0 saturated carbocycles. The van der Waals surface area contributed by atoms with Crippen molar-refractivity contribution in [1.82, 2.24) is 9.55 Å². The Balaban J connectivity index is 1.54. The molecule has 1 aromatic heterocycles. The second-order valence-electron chi connectivity index (χ2n) is 7.98. The fraction of sp³-hybridized carbons (Fsp3) is 0.292. The van der Waals surface area contributed by atoms with Crippen LogP contribution in [0.25, 0.3) is 10.9 Å². The Bertz CT molecular complexity index is 1340. The number of benzene rings is 2. The molecule has 0 aliphatic heterocycles. The maximum atomic E-state index is 13.4. The van der Waals surface area contributed by atoms with Crippen LogP contribution >= 0.6 is 11.8 Å². The van der Waals surface area contributed by atoms with Crippen LogP contribution in [0, 0.1) is 15.9 Å². The minimum absolute atomic E-state index is 0.0925. The van der Waals surface area contributed by atoms with Crippen LogP contribution in [-0.2, 0) is 11.3 Å². The molecule has 0 atom stereocenters. The number of hydrogen-bond acceptors (Lipinski definition) is 6. The third-order valence-electron chi connectivity index (χ3n) is 5.63. The molecule has 8 nitrogen and oxygen atoms in total. The van der Waals surface area contributed by atoms with Crippen LogP contribution in [0.2, 0.25) is 0 Å². The van der Waals surface area contributed by atoms with E-state index < -0.39 is 22.3 Å². The van der Waals surface area contributed by atoms with E-state index in [4.69, 9.17) is 0 Å². The van der Waals surface area contributed by atoms with Crippen molar-refractivity contribution in [2.24, 2.45) is 0 Å². The van der Waals surface area contributed by atoms with Crippen molar-refractivity contribution < 1.29 is 14.1 Å². The third kappa shape index (κ3) is 5.51. The minimum atomic E-state index is -0.767. The van der Waals surface area contributed by atoms with Crippen molar-refractivity contribution in [3.8, 4) is 0 Å². The monoisotopic (exact) mass is 482 g/mol. The predicted octanol–water partition coefficient (Wildman–Crippen LogP) is 5.07. The summed E-state index contributed by atoms with van der Waals surface area (Å²) in [5.41, 5.74) is 1.07. The van der Waals surface area contributed by atoms with E-state index in [-0.39, 0.29) is 17.0 Å². The molecule has 0 bridgehead atoms. The average Bonchev–Trinajstić information content (AvgIpc) is 2.84. The molecule has 176 valence electrons. The van der Waals surface area contributed by atoms with Crippen LogP contribution in [0.1, 0.15) is 32.1 Å². The predicted molar refractivity (Wildman–Crippen MR) is 130 cm³/mol. The Morgan fingerprint density at radius 2 is 2.06 bits per heavy atom. The van der Waals surface area contributed by atoms with Gasteiger partial charge in [0, 0.05) is 6.54 Å². The highest BCUT2D eigenvalue weighted by Crippen LogP contribution is 2.26. The number of allylic oxidation sites excluding steroid dienone is 2. The van der Waals surface area contributed by atoms with Crippen LogP contribution in [-0.4, -0.2) is 26.1 Å². The smallest absolute Gasteiger partial charge is 0.295 e. The standard InChI is InChI=1S/C24H23FN4O4S/c25-17-10-11-20(21(14-17)29(32)33)26-22(30)15-34-24-27-19-9-5-4-8-18(19)23(31)28(24)13-12-16-6-2-1-3-7-16/h4-6,8-11,14H,1-3,7,12-13,15H2,(H,26,30). The van der Waals surface area contributed by atoms with E-state index in [0.717, 1.165) is 55.6 Å². The zero-order valence-corrected chi connectivity index (χ0v) is 19.1. The number of nitrogens with one attached hydrogen (secondary N) is 1. The number of halogens is 1. The highest BCUT2D eigenvalue weighted by molar-refractivity contribution is 7.99. The van der Waals surface area contributed by atoms with Gasteiger partial charge in [-0.3, -0.25) is 24.3 Å². The number of carbonyl (C=O) groups excluding carboxylic acids is 1. The van der Waals surface area contributed by atoms with Crippen molar-refractivity contribution in [3.05, 3.63) is 80.4 Å². The van der Waals surface area contributed by atoms with Crippen molar-refractivity contribution in [2.45, 2.75) is 43.8 Å². The van der Waals surface area contributed by atoms with Crippen LogP contribution < -0.4 is 10.9 Å². The summed E-state index contributed by atoms with van der Waals surface area (Å²) in [5, 5.41) is 14.5. The first-order valence-electron chi connectivity index (χ1n) is 11.0. The van der Waals surface area contributed by atoms with Gasteiger partial charge in [0.25, 0.3) is 11.2 Å². The SMILES string of the molecule is O=C(CSc1nc2ccccc2c(=O)n1CCC1=CCCCC1)Nc1ccc(F)cc1[N+](=O)[O-]. The van der Waals surface area contributed by atoms with E-state index in [2.05, 4.69) is 16.4 Å². The summed E-state index contributed by atoms with van der Waals surface area (Å²) in [7, 11) is 0. The summed E-state index contributed by atoms with van der Waals surface area (Å²) in [4.78, 5) is 40.7. The largest absolute Gasteiger partial charge is 0.320 e. The van der Waals surface area contributed by atoms with Gasteiger partial charge in [0.2, 0.25) is 5.91 Å². The molecule has 10 heteroatoms. The van der Waals surface area contributed by atoms with Crippen molar-refractivity contribution in [1.29, 1.82) is 0 Å². The van der Waals surface area contributed by atoms with Gasteiger partial charge in [-0.1, -0.05) is 35.5 Å². The number of nitro benzene ring substituents is 1. The fourth-order valence-corrected chi connectivity index (χ4v) is 4.75. The Hall–Kier alpha value is -3.53. The van der Waals surface area contributed by atoms with E-state index in [1.807, 2.05) is 0 Å². The Labute approximate surface area is 199 Å². The number of rotatable bonds is 8. The van der Waals surface area contributed by atoms with Crippen LogP contribution in [0.5, 0.6) is 0 Å². The lowest BCUT2D eigenvalue weighted by molar-refractivity contribution is -0.384. The highest BCUT2D eigenvalue weighted by Gasteiger charge is 2.19. The molecule has 0 radical (unpaired) electrons. The molecule has 1 aliphatic rings. The van der Waals surface area contributed by atoms with Gasteiger partial charge in [0.1, 0.15) is 11.5 Å². The number of carbonyl (C=O) groups is 1. The lowest BCUT2D eigenvalue weighted by Crippen LogP contribution is -2.24. The van der Waals surface area contributed by atoms with Gasteiger partial charge in [-0.15, -0.1) is 0 Å². The van der Waals surface area contributed by atoms with Gasteiger partial charge >= 0.3 is 0 Å². The van der Waals surface area contributed by atoms with Gasteiger partial charge in [0.15, 0.2) is 5.16 Å². The van der Waals surface area contributed by atoms with Gasteiger partial charge in [-0.2, -0.15) is 0 Å². The molecule has 1 aliphatic carbocycles. The number of aromatic nitrogens is 2. The number of anilines is 1. The van der Waals surface area contributed by atoms with Crippen LogP contribution in [0.3, 0.4) is 0 Å². The van der Waals surface area contributed by atoms with Crippen LogP contribution in [0.15, 0.2) is 64.1 Å². The molecule has 0 saturated heterocycles. The number of nitrogens with zero attached hydrogens (tertiary/aromatic N) is 3. The number of fused-ring (bicyclic) bond motifs is 1. The molecular formula is C24H23FN4O4S. The van der Waals surface area contributed by atoms with Crippen molar-refractivity contribution in [2.75, 3.05) is 11.1 Å². The second-order valence-corrected chi connectivity index (χ2v) is 8.92. The van der Waals surface area contributed by atoms with Gasteiger partial charge < -0.3 is 5.32 Å². The minimum Gasteiger partial charge on any atom is -0.320 e. The summed E-state index contributed by atoms with van der Waals surface area (Å²) >= 11 is 1.08. The summed E-state index contributed by atoms with van der Waals surface area (Å²) in [6.45, 7) is 0.454. The summed E-state index contributed by atoms with van der Waals surface area (Å²) in [6.07, 6.45) is 7.38. The first kappa shape index (κ1) is 23.6. The maximum Gasteiger partial charge on any atom is 0.295 e.